The van der Waals surface area contributed by atoms with Gasteiger partial charge in [0.25, 0.3) is 0 Å². The van der Waals surface area contributed by atoms with Gasteiger partial charge < -0.3 is 0 Å². The second kappa shape index (κ2) is 10.5. The molecule has 0 aromatic rings. The summed E-state index contributed by atoms with van der Waals surface area (Å²) in [6.07, 6.45) is 3.91. The van der Waals surface area contributed by atoms with Crippen molar-refractivity contribution >= 4 is 0 Å². The number of hydrogen-bond acceptors (Lipinski definition) is 0. The van der Waals surface area contributed by atoms with Crippen molar-refractivity contribution in [3.05, 3.63) is 59.0 Å². The van der Waals surface area contributed by atoms with Crippen LogP contribution in [0, 0.1) is 0 Å². The molecule has 0 nitrogen and oxygen atoms in total. The number of rotatable bonds is 5. The highest BCUT2D eigenvalue weighted by molar-refractivity contribution is 5.51. The highest BCUT2D eigenvalue weighted by atomic mass is 19.1. The molecule has 0 aromatic carbocycles. The van der Waals surface area contributed by atoms with E-state index in [1.165, 1.54) is 6.08 Å². The molecule has 0 bridgehead atoms. The number of allylic oxidation sites excluding steroid dienone is 8. The molecular weight excluding hydrogens is 235 g/mol. The molecule has 0 N–H and O–H groups in total. The van der Waals surface area contributed by atoms with Crippen LogP contribution in [0.3, 0.4) is 0 Å². The van der Waals surface area contributed by atoms with E-state index in [0.29, 0.717) is 6.42 Å². The van der Waals surface area contributed by atoms with Crippen LogP contribution in [0.5, 0.6) is 0 Å². The Labute approximate surface area is 119 Å². The van der Waals surface area contributed by atoms with Crippen molar-refractivity contribution in [3.63, 3.8) is 0 Å². The maximum Gasteiger partial charge on any atom is 0.126 e. The summed E-state index contributed by atoms with van der Waals surface area (Å²) in [5, 5.41) is 0. The maximum absolute atomic E-state index is 13.8. The summed E-state index contributed by atoms with van der Waals surface area (Å²) in [6.45, 7) is 21.2. The molecule has 0 unspecified atom stereocenters. The molecule has 0 saturated carbocycles. The van der Waals surface area contributed by atoms with E-state index in [2.05, 4.69) is 13.2 Å². The third-order valence-electron chi connectivity index (χ3n) is 2.48. The van der Waals surface area contributed by atoms with Crippen molar-refractivity contribution < 1.29 is 4.39 Å². The first-order valence-corrected chi connectivity index (χ1v) is 6.88. The minimum absolute atomic E-state index is 0.238. The zero-order valence-electron chi connectivity index (χ0n) is 13.7. The third-order valence-corrected chi connectivity index (χ3v) is 2.48. The lowest BCUT2D eigenvalue weighted by Crippen LogP contribution is -1.96. The molecule has 0 aliphatic carbocycles. The summed E-state index contributed by atoms with van der Waals surface area (Å²) in [5.41, 5.74) is 4.82. The fourth-order valence-corrected chi connectivity index (χ4v) is 1.96. The van der Waals surface area contributed by atoms with Gasteiger partial charge in [-0.2, -0.15) is 0 Å². The smallest absolute Gasteiger partial charge is 0.126 e. The van der Waals surface area contributed by atoms with E-state index < -0.39 is 0 Å². The fraction of sp³-hybridized carbons (Fsp3) is 0.444. The minimum atomic E-state index is -0.238. The summed E-state index contributed by atoms with van der Waals surface area (Å²) >= 11 is 0. The molecule has 0 heterocycles. The molecule has 0 saturated heterocycles. The van der Waals surface area contributed by atoms with Gasteiger partial charge in [-0.05, 0) is 56.9 Å². The average Bonchev–Trinajstić information content (AvgIpc) is 2.35. The Bertz CT molecular complexity index is 399. The highest BCUT2D eigenvalue weighted by Gasteiger charge is 2.11. The fourth-order valence-electron chi connectivity index (χ4n) is 1.96. The summed E-state index contributed by atoms with van der Waals surface area (Å²) in [7, 11) is 0. The van der Waals surface area contributed by atoms with Crippen LogP contribution in [-0.2, 0) is 0 Å². The van der Waals surface area contributed by atoms with Gasteiger partial charge >= 0.3 is 0 Å². The Balaban J connectivity index is 0. The van der Waals surface area contributed by atoms with E-state index >= 15 is 0 Å². The standard InChI is InChI=1S/C16H23F.C2H6/c1-8-14(15(17)9-2)16(12(5)6)13(7)10-11(3)4;1-2/h9-10H,2-3,8H2,1,4-7H3;1-2H3/b13-10-,15-14+;. The second-order valence-electron chi connectivity index (χ2n) is 4.43. The molecule has 19 heavy (non-hydrogen) atoms. The van der Waals surface area contributed by atoms with Crippen molar-refractivity contribution in [3.8, 4) is 0 Å². The van der Waals surface area contributed by atoms with Crippen LogP contribution in [0.15, 0.2) is 59.0 Å². The minimum Gasteiger partial charge on any atom is -0.207 e. The van der Waals surface area contributed by atoms with Gasteiger partial charge in [0.15, 0.2) is 0 Å². The molecule has 0 rings (SSSR count). The Morgan fingerprint density at radius 2 is 1.58 bits per heavy atom. The molecule has 1 heteroatoms. The zero-order valence-corrected chi connectivity index (χ0v) is 13.7. The molecule has 0 fully saturated rings. The summed E-state index contributed by atoms with van der Waals surface area (Å²) < 4.78 is 13.8. The van der Waals surface area contributed by atoms with Gasteiger partial charge in [0.05, 0.1) is 0 Å². The van der Waals surface area contributed by atoms with Crippen LogP contribution in [0.4, 0.5) is 4.39 Å². The molecule has 0 radical (unpaired) electrons. The average molecular weight is 264 g/mol. The zero-order chi connectivity index (χ0) is 15.6. The maximum atomic E-state index is 13.8. The van der Waals surface area contributed by atoms with Crippen molar-refractivity contribution in [2.24, 2.45) is 0 Å². The van der Waals surface area contributed by atoms with Crippen molar-refractivity contribution in [1.29, 1.82) is 0 Å². The first kappa shape index (κ1) is 20.0. The van der Waals surface area contributed by atoms with Crippen LogP contribution in [-0.4, -0.2) is 0 Å². The van der Waals surface area contributed by atoms with E-state index in [9.17, 15) is 4.39 Å². The number of hydrogen-bond donors (Lipinski definition) is 0. The molecule has 0 atom stereocenters. The first-order chi connectivity index (χ1) is 8.84. The van der Waals surface area contributed by atoms with Gasteiger partial charge in [-0.25, -0.2) is 4.39 Å². The van der Waals surface area contributed by atoms with Crippen molar-refractivity contribution in [2.45, 2.75) is 54.9 Å². The van der Waals surface area contributed by atoms with Gasteiger partial charge in [-0.1, -0.05) is 51.2 Å². The van der Waals surface area contributed by atoms with Gasteiger partial charge in [0.2, 0.25) is 0 Å². The largest absolute Gasteiger partial charge is 0.207 e. The SMILES string of the molecule is C=C/C(F)=C(/CC)C(=C(C)C)/C(C)=C\C(=C)C.CC. The lowest BCUT2D eigenvalue weighted by atomic mass is 9.91. The van der Waals surface area contributed by atoms with E-state index in [0.717, 1.165) is 27.9 Å². The van der Waals surface area contributed by atoms with Crippen LogP contribution in [0.1, 0.15) is 54.9 Å². The summed E-state index contributed by atoms with van der Waals surface area (Å²) in [6, 6.07) is 0. The molecule has 0 spiro atoms. The molecular formula is C18H29F. The van der Waals surface area contributed by atoms with Crippen molar-refractivity contribution in [1.82, 2.24) is 0 Å². The van der Waals surface area contributed by atoms with E-state index in [4.69, 9.17) is 0 Å². The Morgan fingerprint density at radius 1 is 1.11 bits per heavy atom. The highest BCUT2D eigenvalue weighted by Crippen LogP contribution is 2.29. The Morgan fingerprint density at radius 3 is 1.84 bits per heavy atom. The normalized spacial score (nSPS) is 11.9. The lowest BCUT2D eigenvalue weighted by molar-refractivity contribution is 0.651. The predicted octanol–water partition coefficient (Wildman–Crippen LogP) is 6.69. The second-order valence-corrected chi connectivity index (χ2v) is 4.43. The number of halogens is 1. The van der Waals surface area contributed by atoms with Crippen molar-refractivity contribution in [2.75, 3.05) is 0 Å². The molecule has 0 aromatic heterocycles. The Hall–Kier alpha value is -1.37. The monoisotopic (exact) mass is 264 g/mol. The third kappa shape index (κ3) is 6.95. The molecule has 0 amide bonds. The predicted molar refractivity (Wildman–Crippen MR) is 86.9 cm³/mol. The summed E-state index contributed by atoms with van der Waals surface area (Å²) in [4.78, 5) is 0. The summed E-state index contributed by atoms with van der Waals surface area (Å²) in [5.74, 6) is -0.238. The van der Waals surface area contributed by atoms with Crippen LogP contribution in [0.25, 0.3) is 0 Å². The topological polar surface area (TPSA) is 0 Å². The van der Waals surface area contributed by atoms with Crippen LogP contribution in [0.2, 0.25) is 0 Å². The van der Waals surface area contributed by atoms with E-state index in [1.807, 2.05) is 54.5 Å². The van der Waals surface area contributed by atoms with E-state index in [1.54, 1.807) is 0 Å². The molecule has 0 aliphatic rings. The quantitative estimate of drug-likeness (QED) is 0.485. The van der Waals surface area contributed by atoms with Gasteiger partial charge in [-0.3, -0.25) is 0 Å². The van der Waals surface area contributed by atoms with Gasteiger partial charge in [0, 0.05) is 0 Å². The van der Waals surface area contributed by atoms with Gasteiger partial charge in [-0.15, -0.1) is 0 Å². The van der Waals surface area contributed by atoms with Crippen LogP contribution < -0.4 is 0 Å². The van der Waals surface area contributed by atoms with Gasteiger partial charge in [0.1, 0.15) is 5.83 Å². The van der Waals surface area contributed by atoms with E-state index in [-0.39, 0.29) is 5.83 Å². The Kier molecular flexibility index (Phi) is 11.1. The lowest BCUT2D eigenvalue weighted by Gasteiger charge is -2.14. The first-order valence-electron chi connectivity index (χ1n) is 6.88. The molecule has 0 aliphatic heterocycles. The van der Waals surface area contributed by atoms with Crippen LogP contribution >= 0.6 is 0 Å². The molecule has 108 valence electrons.